The quantitative estimate of drug-likeness (QED) is 0.531. The zero-order chi connectivity index (χ0) is 25.0. The Morgan fingerprint density at radius 2 is 1.78 bits per heavy atom. The molecule has 36 heavy (non-hydrogen) atoms. The van der Waals surface area contributed by atoms with Crippen LogP contribution in [0.15, 0.2) is 67.0 Å². The van der Waals surface area contributed by atoms with Crippen molar-refractivity contribution in [2.75, 3.05) is 33.4 Å². The lowest BCUT2D eigenvalue weighted by Gasteiger charge is -2.38. The van der Waals surface area contributed by atoms with Gasteiger partial charge >= 0.3 is 5.97 Å². The molecular weight excluding hydrogens is 454 g/mol. The fraction of sp³-hybridized carbons (Fsp3) is 0.379. The van der Waals surface area contributed by atoms with Crippen molar-refractivity contribution in [2.45, 2.75) is 38.1 Å². The molecule has 7 nitrogen and oxygen atoms in total. The Hall–Kier alpha value is -3.26. The third kappa shape index (κ3) is 5.59. The molecule has 1 fully saturated rings. The number of ether oxygens (including phenoxy) is 2. The molecule has 188 valence electrons. The summed E-state index contributed by atoms with van der Waals surface area (Å²) < 4.78 is 10.8. The first kappa shape index (κ1) is 24.4. The standard InChI is InChI=1S/C29H33N3O4/c1-35-28(33)24-7-4-22(5-8-24)19-32-15-16-36-27-9-6-23(17-25(27)21-32)20-31-13-10-29(34,11-14-31)26-3-2-12-30-18-26/h2-9,12,17-18,34H,10-11,13-16,19-21H2,1H3. The maximum absolute atomic E-state index is 11.7. The highest BCUT2D eigenvalue weighted by Gasteiger charge is 2.34. The second kappa shape index (κ2) is 10.8. The van der Waals surface area contributed by atoms with Gasteiger partial charge in [0.05, 0.1) is 18.3 Å². The zero-order valence-corrected chi connectivity index (χ0v) is 20.7. The van der Waals surface area contributed by atoms with E-state index in [-0.39, 0.29) is 5.97 Å². The predicted octanol–water partition coefficient (Wildman–Crippen LogP) is 3.75. The first-order chi connectivity index (χ1) is 17.5. The summed E-state index contributed by atoms with van der Waals surface area (Å²) in [6.45, 7) is 5.61. The van der Waals surface area contributed by atoms with E-state index >= 15 is 0 Å². The minimum atomic E-state index is -0.790. The molecule has 5 rings (SSSR count). The normalized spacial score (nSPS) is 18.1. The molecule has 3 heterocycles. The Morgan fingerprint density at radius 1 is 1.03 bits per heavy atom. The van der Waals surface area contributed by atoms with E-state index in [4.69, 9.17) is 9.47 Å². The van der Waals surface area contributed by atoms with Crippen LogP contribution in [-0.4, -0.2) is 59.2 Å². The van der Waals surface area contributed by atoms with Gasteiger partial charge in [-0.05, 0) is 54.3 Å². The van der Waals surface area contributed by atoms with Gasteiger partial charge in [-0.15, -0.1) is 0 Å². The van der Waals surface area contributed by atoms with Crippen LogP contribution in [0.5, 0.6) is 5.75 Å². The number of carbonyl (C=O) groups is 1. The summed E-state index contributed by atoms with van der Waals surface area (Å²) in [5.74, 6) is 0.633. The largest absolute Gasteiger partial charge is 0.492 e. The second-order valence-corrected chi connectivity index (χ2v) is 9.74. The monoisotopic (exact) mass is 487 g/mol. The lowest BCUT2D eigenvalue weighted by molar-refractivity contribution is -0.0279. The maximum atomic E-state index is 11.7. The van der Waals surface area contributed by atoms with Crippen molar-refractivity contribution in [3.05, 3.63) is 94.8 Å². The molecule has 0 saturated carbocycles. The number of likely N-dealkylation sites (tertiary alicyclic amines) is 1. The number of methoxy groups -OCH3 is 1. The molecular formula is C29H33N3O4. The maximum Gasteiger partial charge on any atom is 0.337 e. The van der Waals surface area contributed by atoms with Gasteiger partial charge in [-0.1, -0.05) is 24.3 Å². The fourth-order valence-electron chi connectivity index (χ4n) is 5.12. The zero-order valence-electron chi connectivity index (χ0n) is 20.7. The van der Waals surface area contributed by atoms with Crippen molar-refractivity contribution >= 4 is 5.97 Å². The van der Waals surface area contributed by atoms with Gasteiger partial charge in [-0.3, -0.25) is 14.8 Å². The number of esters is 1. The van der Waals surface area contributed by atoms with E-state index in [0.717, 1.165) is 56.1 Å². The minimum absolute atomic E-state index is 0.318. The van der Waals surface area contributed by atoms with Crippen LogP contribution < -0.4 is 4.74 Å². The molecule has 3 aromatic rings. The van der Waals surface area contributed by atoms with E-state index in [0.29, 0.717) is 25.0 Å². The number of rotatable bonds is 6. The molecule has 0 radical (unpaired) electrons. The fourth-order valence-corrected chi connectivity index (χ4v) is 5.12. The molecule has 2 aromatic carbocycles. The topological polar surface area (TPSA) is 75.1 Å². The Bertz CT molecular complexity index is 1170. The van der Waals surface area contributed by atoms with Crippen molar-refractivity contribution < 1.29 is 19.4 Å². The average Bonchev–Trinajstić information content (AvgIpc) is 3.12. The molecule has 7 heteroatoms. The first-order valence-electron chi connectivity index (χ1n) is 12.5. The van der Waals surface area contributed by atoms with Gasteiger partial charge in [0.25, 0.3) is 0 Å². The van der Waals surface area contributed by atoms with Crippen LogP contribution in [0.2, 0.25) is 0 Å². The molecule has 2 aliphatic heterocycles. The molecule has 1 aromatic heterocycles. The molecule has 0 unspecified atom stereocenters. The molecule has 0 atom stereocenters. The van der Waals surface area contributed by atoms with Gasteiger partial charge in [0.15, 0.2) is 0 Å². The second-order valence-electron chi connectivity index (χ2n) is 9.74. The smallest absolute Gasteiger partial charge is 0.337 e. The van der Waals surface area contributed by atoms with Crippen LogP contribution in [-0.2, 0) is 30.0 Å². The van der Waals surface area contributed by atoms with Crippen LogP contribution in [0.1, 0.15) is 45.5 Å². The summed E-state index contributed by atoms with van der Waals surface area (Å²) in [5.41, 5.74) is 4.28. The van der Waals surface area contributed by atoms with E-state index in [1.165, 1.54) is 18.2 Å². The lowest BCUT2D eigenvalue weighted by Crippen LogP contribution is -2.42. The Kier molecular flexibility index (Phi) is 7.32. The number of benzene rings is 2. The summed E-state index contributed by atoms with van der Waals surface area (Å²) in [6.07, 6.45) is 4.93. The number of hydrogen-bond donors (Lipinski definition) is 1. The van der Waals surface area contributed by atoms with Crippen LogP contribution in [0, 0.1) is 0 Å². The van der Waals surface area contributed by atoms with Gasteiger partial charge in [-0.25, -0.2) is 4.79 Å². The number of nitrogens with zero attached hydrogens (tertiary/aromatic N) is 3. The number of pyridine rings is 1. The first-order valence-corrected chi connectivity index (χ1v) is 12.5. The van der Waals surface area contributed by atoms with E-state index in [9.17, 15) is 9.90 Å². The van der Waals surface area contributed by atoms with Crippen LogP contribution in [0.4, 0.5) is 0 Å². The Morgan fingerprint density at radius 3 is 2.50 bits per heavy atom. The summed E-state index contributed by atoms with van der Waals surface area (Å²) in [6, 6.07) is 18.0. The highest BCUT2D eigenvalue weighted by molar-refractivity contribution is 5.89. The Balaban J connectivity index is 1.21. The van der Waals surface area contributed by atoms with Crippen molar-refractivity contribution in [3.8, 4) is 5.75 Å². The summed E-state index contributed by atoms with van der Waals surface area (Å²) >= 11 is 0. The average molecular weight is 488 g/mol. The third-order valence-electron chi connectivity index (χ3n) is 7.25. The number of carbonyl (C=O) groups excluding carboxylic acids is 1. The summed E-state index contributed by atoms with van der Waals surface area (Å²) in [4.78, 5) is 20.7. The molecule has 1 saturated heterocycles. The lowest BCUT2D eigenvalue weighted by atomic mass is 9.85. The van der Waals surface area contributed by atoms with E-state index in [1.807, 2.05) is 36.4 Å². The highest BCUT2D eigenvalue weighted by atomic mass is 16.5. The minimum Gasteiger partial charge on any atom is -0.492 e. The van der Waals surface area contributed by atoms with Gasteiger partial charge in [-0.2, -0.15) is 0 Å². The number of fused-ring (bicyclic) bond motifs is 1. The molecule has 0 amide bonds. The predicted molar refractivity (Wildman–Crippen MR) is 136 cm³/mol. The van der Waals surface area contributed by atoms with Gasteiger partial charge < -0.3 is 14.6 Å². The van der Waals surface area contributed by atoms with Crippen LogP contribution >= 0.6 is 0 Å². The van der Waals surface area contributed by atoms with E-state index < -0.39 is 5.60 Å². The molecule has 0 spiro atoms. The van der Waals surface area contributed by atoms with Gasteiger partial charge in [0.1, 0.15) is 12.4 Å². The SMILES string of the molecule is COC(=O)c1ccc(CN2CCOc3ccc(CN4CCC(O)(c5cccnc5)CC4)cc3C2)cc1. The van der Waals surface area contributed by atoms with Gasteiger partial charge in [0.2, 0.25) is 0 Å². The van der Waals surface area contributed by atoms with Crippen molar-refractivity contribution in [1.82, 2.24) is 14.8 Å². The van der Waals surface area contributed by atoms with E-state index in [1.54, 1.807) is 12.4 Å². The summed E-state index contributed by atoms with van der Waals surface area (Å²) in [7, 11) is 1.40. The highest BCUT2D eigenvalue weighted by Crippen LogP contribution is 2.33. The van der Waals surface area contributed by atoms with Crippen LogP contribution in [0.25, 0.3) is 0 Å². The number of piperidine rings is 1. The summed E-state index contributed by atoms with van der Waals surface area (Å²) in [5, 5.41) is 11.1. The van der Waals surface area contributed by atoms with Crippen molar-refractivity contribution in [3.63, 3.8) is 0 Å². The Labute approximate surface area is 212 Å². The number of hydrogen-bond acceptors (Lipinski definition) is 7. The number of aliphatic hydroxyl groups is 1. The van der Waals surface area contributed by atoms with Crippen molar-refractivity contribution in [1.29, 1.82) is 0 Å². The third-order valence-corrected chi connectivity index (χ3v) is 7.25. The molecule has 2 aliphatic rings. The van der Waals surface area contributed by atoms with E-state index in [2.05, 4.69) is 33.0 Å². The van der Waals surface area contributed by atoms with Crippen molar-refractivity contribution in [2.24, 2.45) is 0 Å². The molecule has 0 bridgehead atoms. The van der Waals surface area contributed by atoms with Gasteiger partial charge in [0, 0.05) is 62.8 Å². The van der Waals surface area contributed by atoms with Crippen LogP contribution in [0.3, 0.4) is 0 Å². The number of aromatic nitrogens is 1. The molecule has 0 aliphatic carbocycles. The molecule has 1 N–H and O–H groups in total.